The molecule has 0 unspecified atom stereocenters. The fourth-order valence-electron chi connectivity index (χ4n) is 2.98. The van der Waals surface area contributed by atoms with Crippen molar-refractivity contribution in [3.05, 3.63) is 39.4 Å². The van der Waals surface area contributed by atoms with Gasteiger partial charge in [0.1, 0.15) is 0 Å². The third kappa shape index (κ3) is 4.51. The lowest BCUT2D eigenvalue weighted by atomic mass is 10.0. The van der Waals surface area contributed by atoms with Crippen LogP contribution in [0.1, 0.15) is 43.9 Å². The molecule has 0 spiro atoms. The number of nitrogens with zero attached hydrogens (tertiary/aromatic N) is 2. The molecule has 1 aromatic rings. The summed E-state index contributed by atoms with van der Waals surface area (Å²) < 4.78 is 0. The Bertz CT molecular complexity index is 588. The molecule has 0 radical (unpaired) electrons. The molecule has 6 nitrogen and oxygen atoms in total. The molecular weight excluding hydrogens is 294 g/mol. The van der Waals surface area contributed by atoms with Crippen LogP contribution in [-0.2, 0) is 4.79 Å². The predicted octanol–water partition coefficient (Wildman–Crippen LogP) is 2.81. The van der Waals surface area contributed by atoms with Crippen LogP contribution in [-0.4, -0.2) is 35.4 Å². The average molecular weight is 319 g/mol. The zero-order valence-corrected chi connectivity index (χ0v) is 14.0. The number of carbonyl (C=O) groups is 1. The molecule has 23 heavy (non-hydrogen) atoms. The first-order valence-electron chi connectivity index (χ1n) is 8.14. The smallest absolute Gasteiger partial charge is 0.272 e. The van der Waals surface area contributed by atoms with Gasteiger partial charge in [-0.05, 0) is 38.2 Å². The number of hydrogen-bond donors (Lipinski definition) is 1. The third-order valence-electron chi connectivity index (χ3n) is 4.50. The van der Waals surface area contributed by atoms with Crippen molar-refractivity contribution in [1.29, 1.82) is 0 Å². The molecular formula is C17H25N3O3. The van der Waals surface area contributed by atoms with Gasteiger partial charge in [0.25, 0.3) is 5.69 Å². The highest BCUT2D eigenvalue weighted by atomic mass is 16.6. The summed E-state index contributed by atoms with van der Waals surface area (Å²) in [7, 11) is 0. The van der Waals surface area contributed by atoms with E-state index in [1.807, 2.05) is 17.9 Å². The lowest BCUT2D eigenvalue weighted by Gasteiger charge is -2.31. The van der Waals surface area contributed by atoms with Crippen molar-refractivity contribution in [3.8, 4) is 0 Å². The number of piperidine rings is 1. The van der Waals surface area contributed by atoms with Crippen LogP contribution in [0, 0.1) is 23.0 Å². The zero-order chi connectivity index (χ0) is 17.0. The molecule has 126 valence electrons. The number of nitro benzene ring substituents is 1. The van der Waals surface area contributed by atoms with Gasteiger partial charge in [0, 0.05) is 30.8 Å². The minimum absolute atomic E-state index is 0.102. The fraction of sp³-hybridized carbons (Fsp3) is 0.588. The van der Waals surface area contributed by atoms with Gasteiger partial charge in [0.2, 0.25) is 5.91 Å². The Morgan fingerprint density at radius 1 is 1.52 bits per heavy atom. The second kappa shape index (κ2) is 7.55. The molecule has 1 amide bonds. The van der Waals surface area contributed by atoms with E-state index in [1.54, 1.807) is 19.1 Å². The van der Waals surface area contributed by atoms with Crippen LogP contribution in [0.4, 0.5) is 5.69 Å². The van der Waals surface area contributed by atoms with E-state index >= 15 is 0 Å². The summed E-state index contributed by atoms with van der Waals surface area (Å²) >= 11 is 0. The average Bonchev–Trinajstić information content (AvgIpc) is 2.52. The fourth-order valence-corrected chi connectivity index (χ4v) is 2.98. The van der Waals surface area contributed by atoms with Gasteiger partial charge in [0.15, 0.2) is 0 Å². The van der Waals surface area contributed by atoms with E-state index < -0.39 is 0 Å². The van der Waals surface area contributed by atoms with Crippen molar-refractivity contribution < 1.29 is 9.72 Å². The molecule has 1 heterocycles. The summed E-state index contributed by atoms with van der Waals surface area (Å²) in [5.74, 6) is 0.662. The number of hydrogen-bond acceptors (Lipinski definition) is 4. The largest absolute Gasteiger partial charge is 0.341 e. The van der Waals surface area contributed by atoms with E-state index in [0.29, 0.717) is 11.5 Å². The molecule has 0 aliphatic carbocycles. The van der Waals surface area contributed by atoms with Crippen LogP contribution < -0.4 is 5.32 Å². The number of benzene rings is 1. The molecule has 1 saturated heterocycles. The van der Waals surface area contributed by atoms with Crippen molar-refractivity contribution >= 4 is 11.6 Å². The first-order valence-corrected chi connectivity index (χ1v) is 8.14. The maximum Gasteiger partial charge on any atom is 0.272 e. The molecule has 1 aliphatic rings. The Balaban J connectivity index is 1.94. The number of rotatable bonds is 5. The molecule has 2 rings (SSSR count). The second-order valence-corrected chi connectivity index (χ2v) is 6.49. The molecule has 1 fully saturated rings. The SMILES string of the molecule is Cc1ccc([C@@H](C)NCC(=O)N2CCC[C@H](C)C2)cc1[N+](=O)[O-]. The highest BCUT2D eigenvalue weighted by Gasteiger charge is 2.21. The quantitative estimate of drug-likeness (QED) is 0.669. The Morgan fingerprint density at radius 2 is 2.26 bits per heavy atom. The minimum atomic E-state index is -0.369. The first-order chi connectivity index (χ1) is 10.9. The number of amides is 1. The molecule has 1 N–H and O–H groups in total. The van der Waals surface area contributed by atoms with Crippen LogP contribution in [0.25, 0.3) is 0 Å². The van der Waals surface area contributed by atoms with E-state index in [2.05, 4.69) is 12.2 Å². The van der Waals surface area contributed by atoms with Gasteiger partial charge in [-0.3, -0.25) is 14.9 Å². The Kier molecular flexibility index (Phi) is 5.71. The summed E-state index contributed by atoms with van der Waals surface area (Å²) in [6.07, 6.45) is 2.24. The summed E-state index contributed by atoms with van der Waals surface area (Å²) in [5.41, 5.74) is 1.58. The van der Waals surface area contributed by atoms with Gasteiger partial charge in [0.05, 0.1) is 11.5 Å². The van der Waals surface area contributed by atoms with Crippen LogP contribution >= 0.6 is 0 Å². The highest BCUT2D eigenvalue weighted by Crippen LogP contribution is 2.23. The van der Waals surface area contributed by atoms with Crippen molar-refractivity contribution in [2.45, 2.75) is 39.7 Å². The predicted molar refractivity (Wildman–Crippen MR) is 89.2 cm³/mol. The van der Waals surface area contributed by atoms with Crippen LogP contribution in [0.2, 0.25) is 0 Å². The summed E-state index contributed by atoms with van der Waals surface area (Å²) in [6.45, 7) is 7.72. The molecule has 1 aromatic carbocycles. The van der Waals surface area contributed by atoms with Crippen molar-refractivity contribution in [2.75, 3.05) is 19.6 Å². The molecule has 0 saturated carbocycles. The molecule has 2 atom stereocenters. The third-order valence-corrected chi connectivity index (χ3v) is 4.50. The highest BCUT2D eigenvalue weighted by molar-refractivity contribution is 5.78. The zero-order valence-electron chi connectivity index (χ0n) is 14.0. The number of likely N-dealkylation sites (tertiary alicyclic amines) is 1. The minimum Gasteiger partial charge on any atom is -0.341 e. The Morgan fingerprint density at radius 3 is 2.91 bits per heavy atom. The van der Waals surface area contributed by atoms with E-state index in [1.165, 1.54) is 6.42 Å². The van der Waals surface area contributed by atoms with E-state index in [9.17, 15) is 14.9 Å². The topological polar surface area (TPSA) is 75.5 Å². The summed E-state index contributed by atoms with van der Waals surface area (Å²) in [4.78, 5) is 24.8. The van der Waals surface area contributed by atoms with Crippen molar-refractivity contribution in [3.63, 3.8) is 0 Å². The maximum absolute atomic E-state index is 12.3. The first kappa shape index (κ1) is 17.4. The number of carbonyl (C=O) groups excluding carboxylic acids is 1. The number of aryl methyl sites for hydroxylation is 1. The number of nitrogens with one attached hydrogen (secondary N) is 1. The number of nitro groups is 1. The lowest BCUT2D eigenvalue weighted by molar-refractivity contribution is -0.385. The molecule has 0 bridgehead atoms. The Hall–Kier alpha value is -1.95. The molecule has 1 aliphatic heterocycles. The van der Waals surface area contributed by atoms with E-state index in [4.69, 9.17) is 0 Å². The van der Waals surface area contributed by atoms with Gasteiger partial charge < -0.3 is 10.2 Å². The van der Waals surface area contributed by atoms with Gasteiger partial charge in [-0.1, -0.05) is 19.1 Å². The van der Waals surface area contributed by atoms with Crippen molar-refractivity contribution in [2.24, 2.45) is 5.92 Å². The van der Waals surface area contributed by atoms with E-state index in [0.717, 1.165) is 25.1 Å². The van der Waals surface area contributed by atoms with Gasteiger partial charge in [-0.15, -0.1) is 0 Å². The van der Waals surface area contributed by atoms with Crippen molar-refractivity contribution in [1.82, 2.24) is 10.2 Å². The lowest BCUT2D eigenvalue weighted by Crippen LogP contribution is -2.43. The monoisotopic (exact) mass is 319 g/mol. The Labute approximate surface area is 137 Å². The summed E-state index contributed by atoms with van der Waals surface area (Å²) in [6, 6.07) is 5.09. The maximum atomic E-state index is 12.3. The molecule has 6 heteroatoms. The molecule has 0 aromatic heterocycles. The standard InChI is InChI=1S/C17H25N3O3/c1-12-5-4-8-19(11-12)17(21)10-18-14(3)15-7-6-13(2)16(9-15)20(22)23/h6-7,9,12,14,18H,4-5,8,10-11H2,1-3H3/t12-,14+/m0/s1. The normalized spacial score (nSPS) is 19.4. The van der Waals surface area contributed by atoms with Crippen LogP contribution in [0.5, 0.6) is 0 Å². The van der Waals surface area contributed by atoms with Gasteiger partial charge in [-0.25, -0.2) is 0 Å². The van der Waals surface area contributed by atoms with Crippen LogP contribution in [0.3, 0.4) is 0 Å². The summed E-state index contributed by atoms with van der Waals surface area (Å²) in [5, 5.41) is 14.2. The second-order valence-electron chi connectivity index (χ2n) is 6.49. The van der Waals surface area contributed by atoms with E-state index in [-0.39, 0.29) is 29.1 Å². The van der Waals surface area contributed by atoms with Gasteiger partial charge >= 0.3 is 0 Å². The van der Waals surface area contributed by atoms with Gasteiger partial charge in [-0.2, -0.15) is 0 Å². The van der Waals surface area contributed by atoms with Crippen LogP contribution in [0.15, 0.2) is 18.2 Å².